The summed E-state index contributed by atoms with van der Waals surface area (Å²) in [4.78, 5) is 33.2. The van der Waals surface area contributed by atoms with E-state index in [4.69, 9.17) is 9.72 Å². The van der Waals surface area contributed by atoms with Gasteiger partial charge in [0.15, 0.2) is 6.61 Å². The number of ether oxygens (including phenoxy) is 1. The Kier molecular flexibility index (Phi) is 5.81. The second kappa shape index (κ2) is 8.67. The Labute approximate surface area is 179 Å². The van der Waals surface area contributed by atoms with Crippen molar-refractivity contribution in [1.29, 1.82) is 0 Å². The molecule has 6 nitrogen and oxygen atoms in total. The second-order valence-electron chi connectivity index (χ2n) is 6.92. The lowest BCUT2D eigenvalue weighted by Gasteiger charge is -2.31. The highest BCUT2D eigenvalue weighted by Crippen LogP contribution is 2.37. The van der Waals surface area contributed by atoms with Crippen LogP contribution in [0.4, 0.5) is 5.69 Å². The van der Waals surface area contributed by atoms with Crippen molar-refractivity contribution in [2.24, 2.45) is 0 Å². The molecule has 0 bridgehead atoms. The van der Waals surface area contributed by atoms with Crippen molar-refractivity contribution in [3.05, 3.63) is 53.9 Å². The summed E-state index contributed by atoms with van der Waals surface area (Å²) in [6.45, 7) is 5.03. The Morgan fingerprint density at radius 3 is 2.63 bits per heavy atom. The summed E-state index contributed by atoms with van der Waals surface area (Å²) < 4.78 is 5.59. The summed E-state index contributed by atoms with van der Waals surface area (Å²) in [5.41, 5.74) is 3.38. The number of rotatable bonds is 6. The van der Waals surface area contributed by atoms with E-state index in [9.17, 15) is 9.59 Å². The molecule has 0 saturated carbocycles. The third-order valence-corrected chi connectivity index (χ3v) is 6.02. The Morgan fingerprint density at radius 2 is 1.90 bits per heavy atom. The predicted octanol–water partition coefficient (Wildman–Crippen LogP) is 4.07. The number of thiazole rings is 1. The number of anilines is 1. The highest BCUT2D eigenvalue weighted by molar-refractivity contribution is 7.13. The highest BCUT2D eigenvalue weighted by atomic mass is 32.1. The number of fused-ring (bicyclic) bond motifs is 1. The molecule has 7 heteroatoms. The van der Waals surface area contributed by atoms with Gasteiger partial charge in [0.25, 0.3) is 5.91 Å². The van der Waals surface area contributed by atoms with Crippen molar-refractivity contribution in [2.75, 3.05) is 31.1 Å². The Balaban J connectivity index is 1.65. The fourth-order valence-corrected chi connectivity index (χ4v) is 4.30. The van der Waals surface area contributed by atoms with Crippen molar-refractivity contribution < 1.29 is 14.3 Å². The molecule has 3 aromatic rings. The summed E-state index contributed by atoms with van der Waals surface area (Å²) in [5.74, 6) is 0.305. The van der Waals surface area contributed by atoms with Crippen molar-refractivity contribution >= 4 is 28.8 Å². The van der Waals surface area contributed by atoms with Gasteiger partial charge >= 0.3 is 0 Å². The molecule has 0 aliphatic carbocycles. The molecule has 2 heterocycles. The maximum Gasteiger partial charge on any atom is 0.265 e. The molecule has 154 valence electrons. The number of amides is 2. The van der Waals surface area contributed by atoms with Crippen LogP contribution in [0.5, 0.6) is 5.75 Å². The molecule has 2 amide bonds. The van der Waals surface area contributed by atoms with Gasteiger partial charge in [0.2, 0.25) is 5.91 Å². The van der Waals surface area contributed by atoms with Crippen molar-refractivity contribution in [2.45, 2.75) is 13.8 Å². The number of benzene rings is 2. The van der Waals surface area contributed by atoms with E-state index in [0.717, 1.165) is 21.8 Å². The van der Waals surface area contributed by atoms with Crippen LogP contribution < -0.4 is 9.64 Å². The standard InChI is InChI=1S/C23H23N3O3S/c1-3-25(4-2)21(27)13-26-19-12-17(10-11-20(19)29-14-22(26)28)18-15-30-23(24-18)16-8-6-5-7-9-16/h5-12,15H,3-4,13-14H2,1-2H3. The smallest absolute Gasteiger partial charge is 0.265 e. The second-order valence-corrected chi connectivity index (χ2v) is 7.78. The van der Waals surface area contributed by atoms with Crippen LogP contribution in [-0.2, 0) is 9.59 Å². The molecule has 0 saturated heterocycles. The van der Waals surface area contributed by atoms with E-state index in [1.807, 2.05) is 67.8 Å². The Bertz CT molecular complexity index is 1060. The number of carbonyl (C=O) groups excluding carboxylic acids is 2. The summed E-state index contributed by atoms with van der Waals surface area (Å²) >= 11 is 1.57. The van der Waals surface area contributed by atoms with E-state index < -0.39 is 0 Å². The van der Waals surface area contributed by atoms with Gasteiger partial charge in [-0.25, -0.2) is 4.98 Å². The quantitative estimate of drug-likeness (QED) is 0.602. The van der Waals surface area contributed by atoms with Gasteiger partial charge in [0.05, 0.1) is 11.4 Å². The van der Waals surface area contributed by atoms with Crippen molar-refractivity contribution in [1.82, 2.24) is 9.88 Å². The minimum atomic E-state index is -0.219. The van der Waals surface area contributed by atoms with Crippen LogP contribution in [0.25, 0.3) is 21.8 Å². The van der Waals surface area contributed by atoms with Gasteiger partial charge < -0.3 is 9.64 Å². The van der Waals surface area contributed by atoms with E-state index in [-0.39, 0.29) is 25.0 Å². The molecule has 1 aromatic heterocycles. The maximum absolute atomic E-state index is 12.6. The summed E-state index contributed by atoms with van der Waals surface area (Å²) in [7, 11) is 0. The van der Waals surface area contributed by atoms with Gasteiger partial charge in [-0.2, -0.15) is 0 Å². The first kappa shape index (κ1) is 20.1. The molecule has 2 aromatic carbocycles. The lowest BCUT2D eigenvalue weighted by Crippen LogP contribution is -2.46. The average Bonchev–Trinajstić information content (AvgIpc) is 3.27. The summed E-state index contributed by atoms with van der Waals surface area (Å²) in [6.07, 6.45) is 0. The third kappa shape index (κ3) is 3.93. The first-order chi connectivity index (χ1) is 14.6. The Hall–Kier alpha value is -3.19. The molecular formula is C23H23N3O3S. The van der Waals surface area contributed by atoms with Gasteiger partial charge in [-0.15, -0.1) is 11.3 Å². The van der Waals surface area contributed by atoms with Crippen molar-refractivity contribution in [3.8, 4) is 27.6 Å². The zero-order chi connectivity index (χ0) is 21.1. The van der Waals surface area contributed by atoms with Gasteiger partial charge in [0, 0.05) is 29.6 Å². The lowest BCUT2D eigenvalue weighted by atomic mass is 10.1. The van der Waals surface area contributed by atoms with Gasteiger partial charge in [-0.1, -0.05) is 30.3 Å². The van der Waals surface area contributed by atoms with E-state index in [1.54, 1.807) is 16.2 Å². The fraction of sp³-hybridized carbons (Fsp3) is 0.261. The van der Waals surface area contributed by atoms with Gasteiger partial charge in [-0.05, 0) is 32.0 Å². The molecule has 0 spiro atoms. The van der Waals surface area contributed by atoms with Crippen LogP contribution in [0.3, 0.4) is 0 Å². The fourth-order valence-electron chi connectivity index (χ4n) is 3.47. The SMILES string of the molecule is CCN(CC)C(=O)CN1C(=O)COc2ccc(-c3csc(-c4ccccc4)n3)cc21. The topological polar surface area (TPSA) is 62.7 Å². The molecule has 0 radical (unpaired) electrons. The predicted molar refractivity (Wildman–Crippen MR) is 119 cm³/mol. The van der Waals surface area contributed by atoms with Gasteiger partial charge in [0.1, 0.15) is 17.3 Å². The monoisotopic (exact) mass is 421 g/mol. The molecule has 1 aliphatic heterocycles. The molecule has 30 heavy (non-hydrogen) atoms. The highest BCUT2D eigenvalue weighted by Gasteiger charge is 2.29. The van der Waals surface area contributed by atoms with Crippen LogP contribution in [0.2, 0.25) is 0 Å². The van der Waals surface area contributed by atoms with E-state index in [0.29, 0.717) is 24.5 Å². The van der Waals surface area contributed by atoms with Gasteiger partial charge in [-0.3, -0.25) is 14.5 Å². The van der Waals surface area contributed by atoms with Crippen LogP contribution >= 0.6 is 11.3 Å². The molecule has 0 fully saturated rings. The minimum Gasteiger partial charge on any atom is -0.482 e. The molecule has 0 N–H and O–H groups in total. The summed E-state index contributed by atoms with van der Waals surface area (Å²) in [5, 5.41) is 2.94. The largest absolute Gasteiger partial charge is 0.482 e. The zero-order valence-electron chi connectivity index (χ0n) is 17.0. The normalized spacial score (nSPS) is 13.0. The van der Waals surface area contributed by atoms with E-state index in [2.05, 4.69) is 0 Å². The first-order valence-electron chi connectivity index (χ1n) is 9.97. The van der Waals surface area contributed by atoms with Crippen LogP contribution in [0.15, 0.2) is 53.9 Å². The van der Waals surface area contributed by atoms with Crippen LogP contribution in [0, 0.1) is 0 Å². The molecule has 0 atom stereocenters. The van der Waals surface area contributed by atoms with Crippen LogP contribution in [-0.4, -0.2) is 47.9 Å². The molecular weight excluding hydrogens is 398 g/mol. The van der Waals surface area contributed by atoms with Crippen LogP contribution in [0.1, 0.15) is 13.8 Å². The zero-order valence-corrected chi connectivity index (χ0v) is 17.8. The Morgan fingerprint density at radius 1 is 1.13 bits per heavy atom. The number of hydrogen-bond donors (Lipinski definition) is 0. The minimum absolute atomic E-state index is 0.00660. The number of hydrogen-bond acceptors (Lipinski definition) is 5. The lowest BCUT2D eigenvalue weighted by molar-refractivity contribution is -0.131. The maximum atomic E-state index is 12.6. The first-order valence-corrected chi connectivity index (χ1v) is 10.8. The molecule has 1 aliphatic rings. The molecule has 4 rings (SSSR count). The van der Waals surface area contributed by atoms with E-state index >= 15 is 0 Å². The number of nitrogens with zero attached hydrogens (tertiary/aromatic N) is 3. The van der Waals surface area contributed by atoms with E-state index in [1.165, 1.54) is 4.90 Å². The molecule has 0 unspecified atom stereocenters. The number of likely N-dealkylation sites (N-methyl/N-ethyl adjacent to an activating group) is 1. The van der Waals surface area contributed by atoms with Crippen molar-refractivity contribution in [3.63, 3.8) is 0 Å². The number of aromatic nitrogens is 1. The number of carbonyl (C=O) groups is 2. The summed E-state index contributed by atoms with van der Waals surface area (Å²) in [6, 6.07) is 15.7. The third-order valence-electron chi connectivity index (χ3n) is 5.13. The average molecular weight is 422 g/mol.